The van der Waals surface area contributed by atoms with Crippen LogP contribution in [0.1, 0.15) is 25.5 Å². The Morgan fingerprint density at radius 1 is 1.31 bits per heavy atom. The molecule has 3 heteroatoms. The largest absolute Gasteiger partial charge is 0.357 e. The van der Waals surface area contributed by atoms with Crippen LogP contribution in [-0.2, 0) is 6.54 Å². The summed E-state index contributed by atoms with van der Waals surface area (Å²) < 4.78 is 0. The molecule has 1 aliphatic heterocycles. The van der Waals surface area contributed by atoms with Crippen LogP contribution in [0.5, 0.6) is 0 Å². The molecular weight excluding hydrogens is 198 g/mol. The van der Waals surface area contributed by atoms with Crippen molar-refractivity contribution in [2.75, 3.05) is 31.6 Å². The van der Waals surface area contributed by atoms with Crippen molar-refractivity contribution in [1.82, 2.24) is 9.88 Å². The maximum absolute atomic E-state index is 4.73. The van der Waals surface area contributed by atoms with Crippen LogP contribution in [-0.4, -0.2) is 36.6 Å². The van der Waals surface area contributed by atoms with Crippen LogP contribution in [0.2, 0.25) is 0 Å². The van der Waals surface area contributed by atoms with Crippen molar-refractivity contribution in [2.24, 2.45) is 0 Å². The molecule has 2 rings (SSSR count). The highest BCUT2D eigenvalue weighted by Crippen LogP contribution is 2.18. The van der Waals surface area contributed by atoms with Gasteiger partial charge in [0.2, 0.25) is 0 Å². The van der Waals surface area contributed by atoms with Crippen molar-refractivity contribution in [3.63, 3.8) is 0 Å². The summed E-state index contributed by atoms with van der Waals surface area (Å²) in [5.74, 6) is 1.15. The zero-order valence-electron chi connectivity index (χ0n) is 10.3. The summed E-state index contributed by atoms with van der Waals surface area (Å²) in [6.07, 6.45) is 2.61. The predicted molar refractivity (Wildman–Crippen MR) is 67.7 cm³/mol. The number of hydrogen-bond donors (Lipinski definition) is 0. The maximum atomic E-state index is 4.73. The van der Waals surface area contributed by atoms with Gasteiger partial charge in [-0.25, -0.2) is 4.98 Å². The van der Waals surface area contributed by atoms with Crippen LogP contribution in [0, 0.1) is 0 Å². The number of pyridine rings is 1. The molecule has 0 saturated carbocycles. The Labute approximate surface area is 98.1 Å². The molecule has 0 radical (unpaired) electrons. The summed E-state index contributed by atoms with van der Waals surface area (Å²) in [6, 6.07) is 6.37. The Kier molecular flexibility index (Phi) is 3.78. The zero-order valence-corrected chi connectivity index (χ0v) is 10.3. The Morgan fingerprint density at radius 2 is 2.06 bits per heavy atom. The first-order chi connectivity index (χ1) is 7.79. The summed E-state index contributed by atoms with van der Waals surface area (Å²) >= 11 is 0. The van der Waals surface area contributed by atoms with Gasteiger partial charge in [-0.05, 0) is 38.6 Å². The van der Waals surface area contributed by atoms with E-state index < -0.39 is 0 Å². The maximum Gasteiger partial charge on any atom is 0.128 e. The molecule has 1 aromatic rings. The Hall–Kier alpha value is -1.09. The summed E-state index contributed by atoms with van der Waals surface area (Å²) in [5.41, 5.74) is 1.17. The van der Waals surface area contributed by atoms with Gasteiger partial charge in [-0.15, -0.1) is 0 Å². The first-order valence-corrected chi connectivity index (χ1v) is 6.19. The fourth-order valence-electron chi connectivity index (χ4n) is 2.07. The molecule has 0 bridgehead atoms. The number of rotatable bonds is 4. The highest BCUT2D eigenvalue weighted by atomic mass is 15.2. The van der Waals surface area contributed by atoms with E-state index in [2.05, 4.69) is 42.0 Å². The fraction of sp³-hybridized carbons (Fsp3) is 0.615. The van der Waals surface area contributed by atoms with Gasteiger partial charge in [-0.3, -0.25) is 0 Å². The molecule has 0 aliphatic carbocycles. The number of aromatic nitrogens is 1. The number of nitrogens with zero attached hydrogens (tertiary/aromatic N) is 3. The number of hydrogen-bond acceptors (Lipinski definition) is 3. The molecule has 16 heavy (non-hydrogen) atoms. The molecule has 0 spiro atoms. The first kappa shape index (κ1) is 11.4. The average molecular weight is 219 g/mol. The highest BCUT2D eigenvalue weighted by molar-refractivity contribution is 5.40. The van der Waals surface area contributed by atoms with Gasteiger partial charge in [0.1, 0.15) is 5.82 Å². The molecule has 0 unspecified atom stereocenters. The molecule has 2 heterocycles. The molecule has 0 amide bonds. The smallest absolute Gasteiger partial charge is 0.128 e. The third kappa shape index (κ3) is 2.73. The van der Waals surface area contributed by atoms with Crippen molar-refractivity contribution in [3.8, 4) is 0 Å². The Balaban J connectivity index is 2.06. The number of anilines is 1. The lowest BCUT2D eigenvalue weighted by Crippen LogP contribution is -2.21. The minimum atomic E-state index is 0.943. The minimum Gasteiger partial charge on any atom is -0.357 e. The second-order valence-corrected chi connectivity index (χ2v) is 4.51. The van der Waals surface area contributed by atoms with E-state index in [4.69, 9.17) is 4.98 Å². The van der Waals surface area contributed by atoms with Crippen molar-refractivity contribution >= 4 is 5.82 Å². The van der Waals surface area contributed by atoms with Crippen molar-refractivity contribution in [1.29, 1.82) is 0 Å². The molecular formula is C13H21N3. The zero-order chi connectivity index (χ0) is 11.4. The van der Waals surface area contributed by atoms with E-state index in [1.165, 1.54) is 31.6 Å². The average Bonchev–Trinajstić information content (AvgIpc) is 2.83. The van der Waals surface area contributed by atoms with Gasteiger partial charge in [0.15, 0.2) is 0 Å². The lowest BCUT2D eigenvalue weighted by molar-refractivity contribution is 0.341. The second-order valence-electron chi connectivity index (χ2n) is 4.51. The van der Waals surface area contributed by atoms with E-state index in [1.807, 2.05) is 0 Å². The highest BCUT2D eigenvalue weighted by Gasteiger charge is 2.13. The van der Waals surface area contributed by atoms with Crippen molar-refractivity contribution < 1.29 is 0 Å². The third-order valence-electron chi connectivity index (χ3n) is 3.19. The molecule has 0 atom stereocenters. The summed E-state index contributed by atoms with van der Waals surface area (Å²) in [6.45, 7) is 6.51. The van der Waals surface area contributed by atoms with Crippen molar-refractivity contribution in [2.45, 2.75) is 26.3 Å². The van der Waals surface area contributed by atoms with Crippen LogP contribution in [0.4, 0.5) is 5.82 Å². The van der Waals surface area contributed by atoms with E-state index in [0.717, 1.165) is 18.9 Å². The van der Waals surface area contributed by atoms with Gasteiger partial charge in [0, 0.05) is 19.6 Å². The fourth-order valence-corrected chi connectivity index (χ4v) is 2.07. The molecule has 3 nitrogen and oxygen atoms in total. The summed E-state index contributed by atoms with van der Waals surface area (Å²) in [7, 11) is 2.13. The SMILES string of the molecule is CCN(C)Cc1cccc(N2CCCC2)n1. The standard InChI is InChI=1S/C13H21N3/c1-3-15(2)11-12-7-6-8-13(14-12)16-9-4-5-10-16/h6-8H,3-5,9-11H2,1-2H3. The third-order valence-corrected chi connectivity index (χ3v) is 3.19. The molecule has 1 aliphatic rings. The van der Waals surface area contributed by atoms with E-state index in [1.54, 1.807) is 0 Å². The van der Waals surface area contributed by atoms with Crippen LogP contribution >= 0.6 is 0 Å². The first-order valence-electron chi connectivity index (χ1n) is 6.19. The minimum absolute atomic E-state index is 0.943. The predicted octanol–water partition coefficient (Wildman–Crippen LogP) is 2.13. The van der Waals surface area contributed by atoms with Crippen LogP contribution < -0.4 is 4.90 Å². The molecule has 0 N–H and O–H groups in total. The van der Waals surface area contributed by atoms with E-state index in [9.17, 15) is 0 Å². The van der Waals surface area contributed by atoms with Gasteiger partial charge in [-0.2, -0.15) is 0 Å². The van der Waals surface area contributed by atoms with Crippen LogP contribution in [0.3, 0.4) is 0 Å². The Bertz CT molecular complexity index is 332. The van der Waals surface area contributed by atoms with Crippen LogP contribution in [0.15, 0.2) is 18.2 Å². The summed E-state index contributed by atoms with van der Waals surface area (Å²) in [5, 5.41) is 0. The second kappa shape index (κ2) is 5.30. The van der Waals surface area contributed by atoms with Crippen LogP contribution in [0.25, 0.3) is 0 Å². The summed E-state index contributed by atoms with van der Waals surface area (Å²) in [4.78, 5) is 9.39. The molecule has 1 fully saturated rings. The molecule has 1 saturated heterocycles. The molecule has 0 aromatic carbocycles. The van der Waals surface area contributed by atoms with E-state index >= 15 is 0 Å². The van der Waals surface area contributed by atoms with E-state index in [-0.39, 0.29) is 0 Å². The van der Waals surface area contributed by atoms with Crippen molar-refractivity contribution in [3.05, 3.63) is 23.9 Å². The topological polar surface area (TPSA) is 19.4 Å². The van der Waals surface area contributed by atoms with Gasteiger partial charge in [0.25, 0.3) is 0 Å². The molecule has 1 aromatic heterocycles. The Morgan fingerprint density at radius 3 is 2.75 bits per heavy atom. The van der Waals surface area contributed by atoms with Gasteiger partial charge in [0.05, 0.1) is 5.69 Å². The van der Waals surface area contributed by atoms with Gasteiger partial charge >= 0.3 is 0 Å². The quantitative estimate of drug-likeness (QED) is 0.773. The monoisotopic (exact) mass is 219 g/mol. The van der Waals surface area contributed by atoms with Gasteiger partial charge < -0.3 is 9.80 Å². The van der Waals surface area contributed by atoms with E-state index in [0.29, 0.717) is 0 Å². The van der Waals surface area contributed by atoms with Gasteiger partial charge in [-0.1, -0.05) is 13.0 Å². The molecule has 88 valence electrons. The lowest BCUT2D eigenvalue weighted by Gasteiger charge is -2.18. The normalized spacial score (nSPS) is 16.1. The lowest BCUT2D eigenvalue weighted by atomic mass is 10.3.